The minimum atomic E-state index is -3.70. The van der Waals surface area contributed by atoms with Crippen LogP contribution in [-0.2, 0) is 21.4 Å². The number of oxazole rings is 1. The van der Waals surface area contributed by atoms with E-state index in [1.165, 1.54) is 4.57 Å². The zero-order valence-corrected chi connectivity index (χ0v) is 18.1. The molecule has 1 amide bonds. The Morgan fingerprint density at radius 2 is 1.59 bits per heavy atom. The highest BCUT2D eigenvalue weighted by atomic mass is 32.2. The van der Waals surface area contributed by atoms with E-state index in [0.29, 0.717) is 22.5 Å². The number of benzene rings is 3. The van der Waals surface area contributed by atoms with Crippen molar-refractivity contribution in [2.24, 2.45) is 0 Å². The standard InChI is InChI=1S/C23H21N3O5S/c1-16-6-12-19(13-7-16)32(29,30)25-18-10-8-17(9-11-18)24-22(27)14-15-26-20-4-2-3-5-21(20)31-23(26)28/h2-13,25H,14-15H2,1H3,(H,24,27). The number of hydrogen-bond donors (Lipinski definition) is 2. The number of amides is 1. The van der Waals surface area contributed by atoms with Gasteiger partial charge in [-0.25, -0.2) is 13.2 Å². The number of sulfonamides is 1. The lowest BCUT2D eigenvalue weighted by Gasteiger charge is -2.10. The number of fused-ring (bicyclic) bond motifs is 1. The Balaban J connectivity index is 1.37. The first kappa shape index (κ1) is 21.4. The molecule has 9 heteroatoms. The summed E-state index contributed by atoms with van der Waals surface area (Å²) in [5.41, 5.74) is 2.96. The number of rotatable bonds is 7. The molecule has 0 aliphatic carbocycles. The van der Waals surface area contributed by atoms with Crippen molar-refractivity contribution < 1.29 is 17.6 Å². The van der Waals surface area contributed by atoms with Gasteiger partial charge in [-0.2, -0.15) is 0 Å². The predicted molar refractivity (Wildman–Crippen MR) is 122 cm³/mol. The van der Waals surface area contributed by atoms with Crippen LogP contribution in [0, 0.1) is 6.92 Å². The first-order chi connectivity index (χ1) is 15.3. The van der Waals surface area contributed by atoms with Crippen LogP contribution in [0.15, 0.2) is 86.9 Å². The van der Waals surface area contributed by atoms with Crippen LogP contribution >= 0.6 is 0 Å². The Hall–Kier alpha value is -3.85. The van der Waals surface area contributed by atoms with Crippen LogP contribution in [0.5, 0.6) is 0 Å². The van der Waals surface area contributed by atoms with E-state index in [2.05, 4.69) is 10.0 Å². The summed E-state index contributed by atoms with van der Waals surface area (Å²) >= 11 is 0. The zero-order chi connectivity index (χ0) is 22.7. The molecule has 1 heterocycles. The number of carbonyl (C=O) groups excluding carboxylic acids is 1. The number of para-hydroxylation sites is 2. The van der Waals surface area contributed by atoms with Crippen molar-refractivity contribution >= 4 is 38.4 Å². The summed E-state index contributed by atoms with van der Waals surface area (Å²) in [5, 5.41) is 2.74. The van der Waals surface area contributed by atoms with E-state index in [1.54, 1.807) is 72.8 Å². The highest BCUT2D eigenvalue weighted by Crippen LogP contribution is 2.19. The molecule has 0 bridgehead atoms. The molecule has 0 unspecified atom stereocenters. The van der Waals surface area contributed by atoms with Gasteiger partial charge in [0.1, 0.15) is 0 Å². The molecule has 4 rings (SSSR count). The van der Waals surface area contributed by atoms with Gasteiger partial charge in [0.25, 0.3) is 10.0 Å². The number of nitrogens with zero attached hydrogens (tertiary/aromatic N) is 1. The topological polar surface area (TPSA) is 110 Å². The molecule has 1 aromatic heterocycles. The Morgan fingerprint density at radius 1 is 0.938 bits per heavy atom. The smallest absolute Gasteiger partial charge is 0.408 e. The first-order valence-electron chi connectivity index (χ1n) is 9.90. The van der Waals surface area contributed by atoms with E-state index in [9.17, 15) is 18.0 Å². The summed E-state index contributed by atoms with van der Waals surface area (Å²) in [6, 6.07) is 19.9. The fraction of sp³-hybridized carbons (Fsp3) is 0.130. The second-order valence-corrected chi connectivity index (χ2v) is 8.96. The van der Waals surface area contributed by atoms with Crippen LogP contribution in [0.1, 0.15) is 12.0 Å². The van der Waals surface area contributed by atoms with Gasteiger partial charge in [-0.05, 0) is 55.5 Å². The van der Waals surface area contributed by atoms with Gasteiger partial charge in [0.15, 0.2) is 5.58 Å². The fourth-order valence-corrected chi connectivity index (χ4v) is 4.27. The average Bonchev–Trinajstić information content (AvgIpc) is 3.08. The van der Waals surface area contributed by atoms with E-state index < -0.39 is 15.8 Å². The van der Waals surface area contributed by atoms with Gasteiger partial charge in [0.05, 0.1) is 10.4 Å². The van der Waals surface area contributed by atoms with Gasteiger partial charge < -0.3 is 9.73 Å². The summed E-state index contributed by atoms with van der Waals surface area (Å²) in [6.07, 6.45) is 0.0746. The SMILES string of the molecule is Cc1ccc(S(=O)(=O)Nc2ccc(NC(=O)CCn3c(=O)oc4ccccc43)cc2)cc1. The second-order valence-electron chi connectivity index (χ2n) is 7.28. The Kier molecular flexibility index (Phi) is 5.83. The quantitative estimate of drug-likeness (QED) is 0.445. The third-order valence-corrected chi connectivity index (χ3v) is 6.29. The molecule has 8 nitrogen and oxygen atoms in total. The van der Waals surface area contributed by atoms with E-state index in [0.717, 1.165) is 5.56 Å². The van der Waals surface area contributed by atoms with Crippen LogP contribution in [0.2, 0.25) is 0 Å². The van der Waals surface area contributed by atoms with E-state index in [4.69, 9.17) is 4.42 Å². The Bertz CT molecular complexity index is 1420. The van der Waals surface area contributed by atoms with Crippen LogP contribution in [0.4, 0.5) is 11.4 Å². The number of hydrogen-bond acceptors (Lipinski definition) is 5. The molecule has 2 N–H and O–H groups in total. The maximum absolute atomic E-state index is 12.5. The Morgan fingerprint density at radius 3 is 2.31 bits per heavy atom. The van der Waals surface area contributed by atoms with Crippen molar-refractivity contribution in [3.05, 3.63) is 88.9 Å². The van der Waals surface area contributed by atoms with E-state index in [1.807, 2.05) is 6.92 Å². The number of nitrogens with one attached hydrogen (secondary N) is 2. The second kappa shape index (κ2) is 8.72. The van der Waals surface area contributed by atoms with Crippen molar-refractivity contribution in [3.8, 4) is 0 Å². The molecule has 32 heavy (non-hydrogen) atoms. The maximum Gasteiger partial charge on any atom is 0.419 e. The normalized spacial score (nSPS) is 11.4. The van der Waals surface area contributed by atoms with Gasteiger partial charge in [-0.3, -0.25) is 14.1 Å². The minimum absolute atomic E-state index is 0.0746. The number of aromatic nitrogens is 1. The van der Waals surface area contributed by atoms with E-state index in [-0.39, 0.29) is 23.8 Å². The number of aryl methyl sites for hydroxylation is 2. The lowest BCUT2D eigenvalue weighted by atomic mass is 10.2. The van der Waals surface area contributed by atoms with Gasteiger partial charge in [0.2, 0.25) is 5.91 Å². The molecule has 0 radical (unpaired) electrons. The van der Waals surface area contributed by atoms with Crippen LogP contribution in [0.25, 0.3) is 11.1 Å². The summed E-state index contributed by atoms with van der Waals surface area (Å²) in [5.74, 6) is -0.792. The molecule has 0 spiro atoms. The molecule has 0 fully saturated rings. The molecule has 0 atom stereocenters. The first-order valence-corrected chi connectivity index (χ1v) is 11.4. The molecule has 3 aromatic carbocycles. The van der Waals surface area contributed by atoms with Crippen molar-refractivity contribution in [3.63, 3.8) is 0 Å². The minimum Gasteiger partial charge on any atom is -0.408 e. The number of carbonyl (C=O) groups is 1. The van der Waals surface area contributed by atoms with Crippen molar-refractivity contribution in [2.75, 3.05) is 10.0 Å². The van der Waals surface area contributed by atoms with Crippen molar-refractivity contribution in [1.82, 2.24) is 4.57 Å². The highest BCUT2D eigenvalue weighted by molar-refractivity contribution is 7.92. The molecular formula is C23H21N3O5S. The molecule has 0 aliphatic rings. The Labute approximate surface area is 184 Å². The fourth-order valence-electron chi connectivity index (χ4n) is 3.22. The highest BCUT2D eigenvalue weighted by Gasteiger charge is 2.14. The maximum atomic E-state index is 12.5. The zero-order valence-electron chi connectivity index (χ0n) is 17.2. The number of anilines is 2. The van der Waals surface area contributed by atoms with Crippen LogP contribution in [0.3, 0.4) is 0 Å². The van der Waals surface area contributed by atoms with Crippen molar-refractivity contribution in [2.45, 2.75) is 24.8 Å². The molecule has 164 valence electrons. The third-order valence-electron chi connectivity index (χ3n) is 4.89. The van der Waals surface area contributed by atoms with E-state index >= 15 is 0 Å². The molecule has 4 aromatic rings. The third kappa shape index (κ3) is 4.73. The van der Waals surface area contributed by atoms with Gasteiger partial charge in [-0.1, -0.05) is 29.8 Å². The molecule has 0 saturated carbocycles. The molecular weight excluding hydrogens is 430 g/mol. The summed E-state index contributed by atoms with van der Waals surface area (Å²) in [7, 11) is -3.70. The summed E-state index contributed by atoms with van der Waals surface area (Å²) in [4.78, 5) is 24.5. The molecule has 0 saturated heterocycles. The van der Waals surface area contributed by atoms with Gasteiger partial charge in [0, 0.05) is 24.3 Å². The monoisotopic (exact) mass is 451 g/mol. The lowest BCUT2D eigenvalue weighted by Crippen LogP contribution is -2.19. The van der Waals surface area contributed by atoms with Gasteiger partial charge in [-0.15, -0.1) is 0 Å². The van der Waals surface area contributed by atoms with Gasteiger partial charge >= 0.3 is 5.76 Å². The lowest BCUT2D eigenvalue weighted by molar-refractivity contribution is -0.116. The predicted octanol–water partition coefficient (Wildman–Crippen LogP) is 3.73. The summed E-state index contributed by atoms with van der Waals surface area (Å²) < 4.78 is 34.0. The van der Waals surface area contributed by atoms with Crippen LogP contribution in [-0.4, -0.2) is 18.9 Å². The average molecular weight is 452 g/mol. The molecule has 0 aliphatic heterocycles. The largest absolute Gasteiger partial charge is 0.419 e. The van der Waals surface area contributed by atoms with Crippen molar-refractivity contribution in [1.29, 1.82) is 0 Å². The summed E-state index contributed by atoms with van der Waals surface area (Å²) in [6.45, 7) is 2.06. The van der Waals surface area contributed by atoms with Crippen LogP contribution < -0.4 is 15.8 Å².